The van der Waals surface area contributed by atoms with Crippen molar-refractivity contribution in [1.82, 2.24) is 10.2 Å². The fraction of sp³-hybridized carbons (Fsp3) is 0.346. The second-order valence-electron chi connectivity index (χ2n) is 8.49. The number of nitrogens with one attached hydrogen (secondary N) is 1. The Labute approximate surface area is 192 Å². The summed E-state index contributed by atoms with van der Waals surface area (Å²) in [6.07, 6.45) is 6.04. The molecule has 0 spiro atoms. The van der Waals surface area contributed by atoms with Gasteiger partial charge in [0.05, 0.1) is 13.0 Å². The third kappa shape index (κ3) is 5.17. The van der Waals surface area contributed by atoms with E-state index in [-0.39, 0.29) is 19.1 Å². The number of benzene rings is 2. The third-order valence-corrected chi connectivity index (χ3v) is 6.08. The molecule has 0 saturated heterocycles. The zero-order chi connectivity index (χ0) is 23.4. The first-order chi connectivity index (χ1) is 16.0. The molecular weight excluding hydrogens is 420 g/mol. The standard InChI is InChI=1S/C26H26N2O5/c1-2-13-28(15-17-11-12-17)25(31)23(14-24(29)30)27-26(32)33-16-22-20-9-5-3-7-18(20)19-8-4-6-10-21(19)22/h1,3-10,17,22-23H,11-16H2,(H,27,32)(H,29,30). The maximum absolute atomic E-state index is 13.0. The van der Waals surface area contributed by atoms with E-state index in [0.717, 1.165) is 35.1 Å². The van der Waals surface area contributed by atoms with E-state index in [1.165, 1.54) is 4.90 Å². The number of carboxylic acid groups (broad SMARTS) is 1. The number of carboxylic acids is 1. The minimum atomic E-state index is -1.25. The van der Waals surface area contributed by atoms with Gasteiger partial charge in [-0.25, -0.2) is 4.79 Å². The number of amides is 2. The van der Waals surface area contributed by atoms with Gasteiger partial charge in [0, 0.05) is 12.5 Å². The molecule has 170 valence electrons. The molecule has 2 aromatic carbocycles. The molecule has 2 aliphatic carbocycles. The predicted molar refractivity (Wildman–Crippen MR) is 122 cm³/mol. The molecule has 2 aliphatic rings. The molecule has 0 aliphatic heterocycles. The van der Waals surface area contributed by atoms with Crippen LogP contribution in [0, 0.1) is 18.3 Å². The molecule has 1 saturated carbocycles. The summed E-state index contributed by atoms with van der Waals surface area (Å²) in [7, 11) is 0. The molecule has 4 rings (SSSR count). The number of alkyl carbamates (subject to hydrolysis) is 1. The highest BCUT2D eigenvalue weighted by Gasteiger charge is 2.33. The maximum Gasteiger partial charge on any atom is 0.407 e. The molecule has 1 atom stereocenters. The Balaban J connectivity index is 1.43. The molecule has 33 heavy (non-hydrogen) atoms. The van der Waals surface area contributed by atoms with Gasteiger partial charge in [-0.3, -0.25) is 9.59 Å². The van der Waals surface area contributed by atoms with Gasteiger partial charge in [0.25, 0.3) is 0 Å². The number of rotatable bonds is 9. The molecule has 2 aromatic rings. The van der Waals surface area contributed by atoms with Gasteiger partial charge in [0.2, 0.25) is 5.91 Å². The van der Waals surface area contributed by atoms with Gasteiger partial charge in [-0.2, -0.15) is 0 Å². The quantitative estimate of drug-likeness (QED) is 0.577. The Hall–Kier alpha value is -3.79. The van der Waals surface area contributed by atoms with E-state index in [1.54, 1.807) is 0 Å². The number of hydrogen-bond acceptors (Lipinski definition) is 4. The van der Waals surface area contributed by atoms with E-state index in [9.17, 15) is 19.5 Å². The van der Waals surface area contributed by atoms with E-state index in [4.69, 9.17) is 11.2 Å². The smallest absolute Gasteiger partial charge is 0.407 e. The van der Waals surface area contributed by atoms with Crippen LogP contribution < -0.4 is 5.32 Å². The molecule has 1 fully saturated rings. The van der Waals surface area contributed by atoms with Crippen LogP contribution in [0.15, 0.2) is 48.5 Å². The van der Waals surface area contributed by atoms with Crippen LogP contribution in [0.3, 0.4) is 0 Å². The van der Waals surface area contributed by atoms with Crippen molar-refractivity contribution in [3.05, 3.63) is 59.7 Å². The molecule has 7 heteroatoms. The maximum atomic E-state index is 13.0. The van der Waals surface area contributed by atoms with E-state index in [0.29, 0.717) is 12.5 Å². The van der Waals surface area contributed by atoms with Crippen LogP contribution >= 0.6 is 0 Å². The zero-order valence-electron chi connectivity index (χ0n) is 18.2. The van der Waals surface area contributed by atoms with E-state index >= 15 is 0 Å². The van der Waals surface area contributed by atoms with Gasteiger partial charge < -0.3 is 20.1 Å². The summed E-state index contributed by atoms with van der Waals surface area (Å²) in [6, 6.07) is 14.7. The Morgan fingerprint density at radius 3 is 2.24 bits per heavy atom. The highest BCUT2D eigenvalue weighted by Crippen LogP contribution is 2.44. The summed E-state index contributed by atoms with van der Waals surface area (Å²) < 4.78 is 5.48. The van der Waals surface area contributed by atoms with Crippen LogP contribution in [0.5, 0.6) is 0 Å². The average Bonchev–Trinajstić information content (AvgIpc) is 3.57. The third-order valence-electron chi connectivity index (χ3n) is 6.08. The van der Waals surface area contributed by atoms with Crippen molar-refractivity contribution in [2.75, 3.05) is 19.7 Å². The average molecular weight is 447 g/mol. The molecule has 2 amide bonds. The molecule has 0 bridgehead atoms. The van der Waals surface area contributed by atoms with Crippen LogP contribution in [-0.4, -0.2) is 53.7 Å². The van der Waals surface area contributed by atoms with Crippen LogP contribution in [-0.2, 0) is 14.3 Å². The number of ether oxygens (including phenoxy) is 1. The Bertz CT molecular complexity index is 1060. The lowest BCUT2D eigenvalue weighted by atomic mass is 9.98. The number of nitrogens with zero attached hydrogens (tertiary/aromatic N) is 1. The second kappa shape index (κ2) is 9.78. The zero-order valence-corrected chi connectivity index (χ0v) is 18.2. The fourth-order valence-corrected chi connectivity index (χ4v) is 4.33. The van der Waals surface area contributed by atoms with Crippen LogP contribution in [0.2, 0.25) is 0 Å². The molecule has 1 unspecified atom stereocenters. The number of hydrogen-bond donors (Lipinski definition) is 2. The summed E-state index contributed by atoms with van der Waals surface area (Å²) in [5.41, 5.74) is 4.33. The highest BCUT2D eigenvalue weighted by molar-refractivity contribution is 5.89. The van der Waals surface area contributed by atoms with Crippen molar-refractivity contribution < 1.29 is 24.2 Å². The molecule has 0 heterocycles. The lowest BCUT2D eigenvalue weighted by molar-refractivity contribution is -0.142. The van der Waals surface area contributed by atoms with E-state index in [2.05, 4.69) is 11.2 Å². The van der Waals surface area contributed by atoms with Crippen LogP contribution in [0.1, 0.15) is 36.3 Å². The number of terminal acetylenes is 1. The summed E-state index contributed by atoms with van der Waals surface area (Å²) in [5.74, 6) is 0.982. The first-order valence-corrected chi connectivity index (χ1v) is 11.0. The topological polar surface area (TPSA) is 95.9 Å². The van der Waals surface area contributed by atoms with E-state index < -0.39 is 30.4 Å². The minimum absolute atomic E-state index is 0.0673. The number of aliphatic carboxylic acids is 1. The molecule has 0 aromatic heterocycles. The van der Waals surface area contributed by atoms with Crippen LogP contribution in [0.25, 0.3) is 11.1 Å². The number of carbonyl (C=O) groups excluding carboxylic acids is 2. The monoisotopic (exact) mass is 446 g/mol. The van der Waals surface area contributed by atoms with Crippen LogP contribution in [0.4, 0.5) is 4.79 Å². The molecule has 0 radical (unpaired) electrons. The molecule has 2 N–H and O–H groups in total. The van der Waals surface area contributed by atoms with Gasteiger partial charge in [-0.05, 0) is 41.0 Å². The summed E-state index contributed by atoms with van der Waals surface area (Å²) >= 11 is 0. The van der Waals surface area contributed by atoms with Crippen molar-refractivity contribution in [1.29, 1.82) is 0 Å². The fourth-order valence-electron chi connectivity index (χ4n) is 4.33. The lowest BCUT2D eigenvalue weighted by Gasteiger charge is -2.25. The SMILES string of the molecule is C#CCN(CC1CC1)C(=O)C(CC(=O)O)NC(=O)OCC1c2ccccc2-c2ccccc21. The van der Waals surface area contributed by atoms with Crippen molar-refractivity contribution >= 4 is 18.0 Å². The summed E-state index contributed by atoms with van der Waals surface area (Å²) in [6.45, 7) is 0.604. The van der Waals surface area contributed by atoms with Gasteiger partial charge in [-0.15, -0.1) is 6.42 Å². The van der Waals surface area contributed by atoms with Crippen molar-refractivity contribution in [2.24, 2.45) is 5.92 Å². The van der Waals surface area contributed by atoms with Gasteiger partial charge in [-0.1, -0.05) is 54.5 Å². The van der Waals surface area contributed by atoms with Gasteiger partial charge in [0.15, 0.2) is 0 Å². The number of carbonyl (C=O) groups is 3. The van der Waals surface area contributed by atoms with Gasteiger partial charge in [0.1, 0.15) is 12.6 Å². The molecular formula is C26H26N2O5. The Kier molecular flexibility index (Phi) is 6.64. The van der Waals surface area contributed by atoms with Crippen molar-refractivity contribution in [2.45, 2.75) is 31.2 Å². The van der Waals surface area contributed by atoms with Crippen molar-refractivity contribution in [3.63, 3.8) is 0 Å². The lowest BCUT2D eigenvalue weighted by Crippen LogP contribution is -2.50. The largest absolute Gasteiger partial charge is 0.481 e. The predicted octanol–water partition coefficient (Wildman–Crippen LogP) is 3.24. The Morgan fingerprint density at radius 1 is 1.09 bits per heavy atom. The second-order valence-corrected chi connectivity index (χ2v) is 8.49. The normalized spacial score (nSPS) is 15.0. The minimum Gasteiger partial charge on any atom is -0.481 e. The Morgan fingerprint density at radius 2 is 1.70 bits per heavy atom. The molecule has 7 nitrogen and oxygen atoms in total. The first-order valence-electron chi connectivity index (χ1n) is 11.0. The summed E-state index contributed by atoms with van der Waals surface area (Å²) in [4.78, 5) is 38.3. The van der Waals surface area contributed by atoms with Gasteiger partial charge >= 0.3 is 12.1 Å². The number of fused-ring (bicyclic) bond motifs is 3. The first kappa shape index (κ1) is 22.4. The highest BCUT2D eigenvalue weighted by atomic mass is 16.5. The van der Waals surface area contributed by atoms with Crippen molar-refractivity contribution in [3.8, 4) is 23.5 Å². The van der Waals surface area contributed by atoms with E-state index in [1.807, 2.05) is 48.5 Å². The summed E-state index contributed by atoms with van der Waals surface area (Å²) in [5, 5.41) is 11.7.